The van der Waals surface area contributed by atoms with Crippen molar-refractivity contribution in [1.29, 1.82) is 0 Å². The van der Waals surface area contributed by atoms with E-state index in [2.05, 4.69) is 30.2 Å². The van der Waals surface area contributed by atoms with Gasteiger partial charge in [-0.2, -0.15) is 0 Å². The standard InChI is InChI=1S/C20H25N3O3S/c1-4-23(18-8-10-27(25,26)13-18)20(24)19-12-17(7-9-21-19)22-16-6-5-14(2)15(3)11-16/h5-7,9,11-12,18H,4,8,10,13H2,1-3H3,(H,21,22). The van der Waals surface area contributed by atoms with Gasteiger partial charge in [0.1, 0.15) is 5.69 Å². The van der Waals surface area contributed by atoms with Crippen LogP contribution in [0, 0.1) is 13.8 Å². The molecule has 0 radical (unpaired) electrons. The average Bonchev–Trinajstić information content (AvgIpc) is 2.98. The van der Waals surface area contributed by atoms with Gasteiger partial charge in [-0.15, -0.1) is 0 Å². The number of hydrogen-bond acceptors (Lipinski definition) is 5. The number of aryl methyl sites for hydroxylation is 2. The van der Waals surface area contributed by atoms with Gasteiger partial charge >= 0.3 is 0 Å². The molecule has 3 rings (SSSR count). The highest BCUT2D eigenvalue weighted by molar-refractivity contribution is 7.91. The maximum Gasteiger partial charge on any atom is 0.272 e. The Kier molecular flexibility index (Phi) is 5.51. The normalized spacial score (nSPS) is 18.3. The van der Waals surface area contributed by atoms with Gasteiger partial charge in [-0.25, -0.2) is 8.42 Å². The number of carbonyl (C=O) groups is 1. The number of anilines is 2. The molecule has 144 valence electrons. The SMILES string of the molecule is CCN(C(=O)c1cc(Nc2ccc(C)c(C)c2)ccn1)C1CCS(=O)(=O)C1. The number of nitrogens with zero attached hydrogens (tertiary/aromatic N) is 2. The van der Waals surface area contributed by atoms with Crippen LogP contribution in [0.3, 0.4) is 0 Å². The molecule has 1 N–H and O–H groups in total. The first kappa shape index (κ1) is 19.4. The third-order valence-electron chi connectivity index (χ3n) is 5.03. The molecule has 1 aliphatic heterocycles. The first-order valence-electron chi connectivity index (χ1n) is 9.11. The highest BCUT2D eigenvalue weighted by Gasteiger charge is 2.34. The van der Waals surface area contributed by atoms with Gasteiger partial charge < -0.3 is 10.2 Å². The first-order valence-corrected chi connectivity index (χ1v) is 10.9. The summed E-state index contributed by atoms with van der Waals surface area (Å²) in [6, 6.07) is 9.34. The van der Waals surface area contributed by atoms with E-state index in [-0.39, 0.29) is 23.5 Å². The molecule has 0 aliphatic carbocycles. The highest BCUT2D eigenvalue weighted by Crippen LogP contribution is 2.22. The zero-order valence-electron chi connectivity index (χ0n) is 15.9. The molecule has 2 aromatic rings. The molecule has 27 heavy (non-hydrogen) atoms. The van der Waals surface area contributed by atoms with E-state index in [0.717, 1.165) is 11.4 Å². The van der Waals surface area contributed by atoms with Crippen LogP contribution in [0.2, 0.25) is 0 Å². The third-order valence-corrected chi connectivity index (χ3v) is 6.78. The number of rotatable bonds is 5. The first-order chi connectivity index (χ1) is 12.8. The Bertz CT molecular complexity index is 957. The van der Waals surface area contributed by atoms with Gasteiger partial charge in [0, 0.05) is 30.2 Å². The fourth-order valence-corrected chi connectivity index (χ4v) is 5.08. The second-order valence-corrected chi connectivity index (χ2v) is 9.23. The molecular formula is C20H25N3O3S. The van der Waals surface area contributed by atoms with E-state index in [0.29, 0.717) is 18.7 Å². The minimum atomic E-state index is -3.05. The Hall–Kier alpha value is -2.41. The van der Waals surface area contributed by atoms with E-state index >= 15 is 0 Å². The van der Waals surface area contributed by atoms with Crippen molar-refractivity contribution in [3.63, 3.8) is 0 Å². The maximum atomic E-state index is 12.9. The van der Waals surface area contributed by atoms with Gasteiger partial charge in [-0.3, -0.25) is 9.78 Å². The Labute approximate surface area is 160 Å². The fraction of sp³-hybridized carbons (Fsp3) is 0.400. The largest absolute Gasteiger partial charge is 0.355 e. The summed E-state index contributed by atoms with van der Waals surface area (Å²) in [7, 11) is -3.05. The lowest BCUT2D eigenvalue weighted by Crippen LogP contribution is -2.41. The second kappa shape index (κ2) is 7.68. The number of amides is 1. The molecule has 2 heterocycles. The van der Waals surface area contributed by atoms with Gasteiger partial charge in [0.05, 0.1) is 11.5 Å². The Morgan fingerprint density at radius 3 is 2.56 bits per heavy atom. The van der Waals surface area contributed by atoms with Crippen LogP contribution in [0.15, 0.2) is 36.5 Å². The van der Waals surface area contributed by atoms with Crippen molar-refractivity contribution in [3.8, 4) is 0 Å². The van der Waals surface area contributed by atoms with Crippen LogP contribution in [0.25, 0.3) is 0 Å². The summed E-state index contributed by atoms with van der Waals surface area (Å²) < 4.78 is 23.5. The van der Waals surface area contributed by atoms with E-state index in [1.807, 2.05) is 25.1 Å². The molecule has 1 aromatic carbocycles. The molecule has 1 fully saturated rings. The van der Waals surface area contributed by atoms with Gasteiger partial charge in [0.25, 0.3) is 5.91 Å². The van der Waals surface area contributed by atoms with Crippen LogP contribution >= 0.6 is 0 Å². The van der Waals surface area contributed by atoms with Gasteiger partial charge in [-0.05, 0) is 62.6 Å². The van der Waals surface area contributed by atoms with Crippen molar-refractivity contribution in [2.24, 2.45) is 0 Å². The third kappa shape index (κ3) is 4.47. The van der Waals surface area contributed by atoms with Gasteiger partial charge in [0.2, 0.25) is 0 Å². The summed E-state index contributed by atoms with van der Waals surface area (Å²) in [5.74, 6) is -0.0560. The Morgan fingerprint density at radius 1 is 1.19 bits per heavy atom. The lowest BCUT2D eigenvalue weighted by atomic mass is 10.1. The molecule has 0 saturated carbocycles. The summed E-state index contributed by atoms with van der Waals surface area (Å²) in [5, 5.41) is 3.30. The molecule has 1 saturated heterocycles. The fourth-order valence-electron chi connectivity index (χ4n) is 3.35. The highest BCUT2D eigenvalue weighted by atomic mass is 32.2. The van der Waals surface area contributed by atoms with Crippen molar-refractivity contribution < 1.29 is 13.2 Å². The van der Waals surface area contributed by atoms with Crippen molar-refractivity contribution in [2.45, 2.75) is 33.2 Å². The predicted octanol–water partition coefficient (Wildman–Crippen LogP) is 3.09. The summed E-state index contributed by atoms with van der Waals surface area (Å²) in [4.78, 5) is 18.7. The van der Waals surface area contributed by atoms with Crippen molar-refractivity contribution in [1.82, 2.24) is 9.88 Å². The second-order valence-electron chi connectivity index (χ2n) is 7.00. The predicted molar refractivity (Wildman–Crippen MR) is 107 cm³/mol. The van der Waals surface area contributed by atoms with Crippen LogP contribution in [0.4, 0.5) is 11.4 Å². The van der Waals surface area contributed by atoms with Crippen LogP contribution in [-0.4, -0.2) is 48.3 Å². The van der Waals surface area contributed by atoms with Crippen molar-refractivity contribution >= 4 is 27.1 Å². The van der Waals surface area contributed by atoms with Gasteiger partial charge in [0.15, 0.2) is 9.84 Å². The topological polar surface area (TPSA) is 79.4 Å². The van der Waals surface area contributed by atoms with E-state index in [1.54, 1.807) is 17.2 Å². The molecular weight excluding hydrogens is 362 g/mol. The molecule has 0 spiro atoms. The zero-order valence-corrected chi connectivity index (χ0v) is 16.7. The summed E-state index contributed by atoms with van der Waals surface area (Å²) in [6.07, 6.45) is 2.08. The minimum Gasteiger partial charge on any atom is -0.355 e. The molecule has 1 aliphatic rings. The van der Waals surface area contributed by atoms with E-state index in [9.17, 15) is 13.2 Å². The van der Waals surface area contributed by atoms with Crippen LogP contribution < -0.4 is 5.32 Å². The summed E-state index contributed by atoms with van der Waals surface area (Å²) in [6.45, 7) is 6.43. The number of aromatic nitrogens is 1. The molecule has 1 amide bonds. The summed E-state index contributed by atoms with van der Waals surface area (Å²) >= 11 is 0. The minimum absolute atomic E-state index is 0.0349. The summed E-state index contributed by atoms with van der Waals surface area (Å²) in [5.41, 5.74) is 4.43. The van der Waals surface area contributed by atoms with Crippen LogP contribution in [-0.2, 0) is 9.84 Å². The molecule has 0 bridgehead atoms. The molecule has 1 aromatic heterocycles. The Balaban J connectivity index is 1.79. The number of hydrogen-bond donors (Lipinski definition) is 1. The van der Waals surface area contributed by atoms with E-state index in [1.165, 1.54) is 11.1 Å². The van der Waals surface area contributed by atoms with Crippen molar-refractivity contribution in [3.05, 3.63) is 53.3 Å². The molecule has 1 unspecified atom stereocenters. The zero-order chi connectivity index (χ0) is 19.6. The van der Waals surface area contributed by atoms with Crippen molar-refractivity contribution in [2.75, 3.05) is 23.4 Å². The number of nitrogens with one attached hydrogen (secondary N) is 1. The quantitative estimate of drug-likeness (QED) is 0.853. The monoisotopic (exact) mass is 387 g/mol. The average molecular weight is 388 g/mol. The maximum absolute atomic E-state index is 12.9. The lowest BCUT2D eigenvalue weighted by molar-refractivity contribution is 0.0702. The number of benzene rings is 1. The number of pyridine rings is 1. The number of carbonyl (C=O) groups excluding carboxylic acids is 1. The molecule has 6 nitrogen and oxygen atoms in total. The molecule has 1 atom stereocenters. The van der Waals surface area contributed by atoms with E-state index < -0.39 is 9.84 Å². The Morgan fingerprint density at radius 2 is 1.93 bits per heavy atom. The van der Waals surface area contributed by atoms with Crippen LogP contribution in [0.5, 0.6) is 0 Å². The smallest absolute Gasteiger partial charge is 0.272 e. The van der Waals surface area contributed by atoms with E-state index in [4.69, 9.17) is 0 Å². The lowest BCUT2D eigenvalue weighted by Gasteiger charge is -2.26. The van der Waals surface area contributed by atoms with Crippen LogP contribution in [0.1, 0.15) is 35.0 Å². The molecule has 7 heteroatoms. The number of sulfone groups is 1. The van der Waals surface area contributed by atoms with Gasteiger partial charge in [-0.1, -0.05) is 6.07 Å².